The number of aryl methyl sites for hydroxylation is 1. The quantitative estimate of drug-likeness (QED) is 0.854. The molecule has 21 heavy (non-hydrogen) atoms. The minimum Gasteiger partial charge on any atom is -0.383 e. The van der Waals surface area contributed by atoms with Gasteiger partial charge in [-0.3, -0.25) is 9.67 Å². The molecular weight excluding hydrogens is 288 g/mol. The van der Waals surface area contributed by atoms with Crippen LogP contribution in [-0.2, 0) is 11.3 Å². The van der Waals surface area contributed by atoms with Crippen molar-refractivity contribution in [2.24, 2.45) is 0 Å². The first-order valence-corrected chi connectivity index (χ1v) is 7.41. The molecule has 2 aromatic rings. The number of nitrogens with zero attached hydrogens (tertiary/aromatic N) is 3. The molecule has 2 aromatic heterocycles. The van der Waals surface area contributed by atoms with Crippen LogP contribution in [0, 0.1) is 6.92 Å². The summed E-state index contributed by atoms with van der Waals surface area (Å²) in [5, 5.41) is 8.42. The van der Waals surface area contributed by atoms with E-state index in [2.05, 4.69) is 35.3 Å². The number of hydrogen-bond acceptors (Lipinski definition) is 4. The summed E-state index contributed by atoms with van der Waals surface area (Å²) < 4.78 is 7.01. The topological polar surface area (TPSA) is 52.0 Å². The van der Waals surface area contributed by atoms with Crippen LogP contribution in [0.5, 0.6) is 0 Å². The fraction of sp³-hybridized carbons (Fsp3) is 0.467. The van der Waals surface area contributed by atoms with Gasteiger partial charge in [0, 0.05) is 13.3 Å². The molecule has 1 atom stereocenters. The normalized spacial score (nSPS) is 12.6. The Hall–Kier alpha value is -1.43. The summed E-state index contributed by atoms with van der Waals surface area (Å²) in [5.74, 6) is 0. The van der Waals surface area contributed by atoms with Crippen LogP contribution in [0.25, 0.3) is 0 Å². The summed E-state index contributed by atoms with van der Waals surface area (Å²) in [5.41, 5.74) is 3.04. The van der Waals surface area contributed by atoms with Gasteiger partial charge in [0.1, 0.15) is 0 Å². The van der Waals surface area contributed by atoms with E-state index in [1.807, 2.05) is 16.9 Å². The molecule has 2 rings (SSSR count). The predicted octanol–water partition coefficient (Wildman–Crippen LogP) is 2.59. The Bertz CT molecular complexity index is 585. The van der Waals surface area contributed by atoms with E-state index in [1.54, 1.807) is 13.3 Å². The molecule has 0 saturated carbocycles. The van der Waals surface area contributed by atoms with E-state index in [9.17, 15) is 0 Å². The zero-order valence-electron chi connectivity index (χ0n) is 12.6. The van der Waals surface area contributed by atoms with E-state index >= 15 is 0 Å². The van der Waals surface area contributed by atoms with Crippen molar-refractivity contribution in [3.63, 3.8) is 0 Å². The highest BCUT2D eigenvalue weighted by Crippen LogP contribution is 2.27. The number of pyridine rings is 1. The number of methoxy groups -OCH3 is 1. The van der Waals surface area contributed by atoms with Gasteiger partial charge in [0.15, 0.2) is 0 Å². The summed E-state index contributed by atoms with van der Waals surface area (Å²) >= 11 is 6.35. The van der Waals surface area contributed by atoms with Gasteiger partial charge in [-0.25, -0.2) is 0 Å². The number of halogens is 1. The first-order chi connectivity index (χ1) is 10.2. The Kier molecular flexibility index (Phi) is 5.73. The molecule has 0 aliphatic rings. The number of ether oxygens (including phenoxy) is 1. The van der Waals surface area contributed by atoms with E-state index in [4.69, 9.17) is 16.3 Å². The van der Waals surface area contributed by atoms with Crippen LogP contribution in [0.4, 0.5) is 0 Å². The Morgan fingerprint density at radius 2 is 2.29 bits per heavy atom. The van der Waals surface area contributed by atoms with Crippen molar-refractivity contribution in [1.82, 2.24) is 20.1 Å². The summed E-state index contributed by atoms with van der Waals surface area (Å²) in [7, 11) is 1.68. The van der Waals surface area contributed by atoms with Crippen LogP contribution in [-0.4, -0.2) is 35.0 Å². The number of rotatable bonds is 7. The molecule has 0 saturated heterocycles. The third-order valence-electron chi connectivity index (χ3n) is 3.25. The van der Waals surface area contributed by atoms with Gasteiger partial charge in [-0.05, 0) is 31.2 Å². The average molecular weight is 309 g/mol. The molecule has 2 heterocycles. The third-order valence-corrected chi connectivity index (χ3v) is 3.55. The van der Waals surface area contributed by atoms with Crippen molar-refractivity contribution in [3.05, 3.63) is 46.5 Å². The maximum Gasteiger partial charge on any atom is 0.0937 e. The zero-order chi connectivity index (χ0) is 15.2. The van der Waals surface area contributed by atoms with Gasteiger partial charge in [0.2, 0.25) is 0 Å². The molecule has 0 spiro atoms. The molecule has 0 radical (unpaired) electrons. The van der Waals surface area contributed by atoms with Crippen molar-refractivity contribution in [2.45, 2.75) is 26.4 Å². The second kappa shape index (κ2) is 7.54. The molecule has 1 N–H and O–H groups in total. The minimum atomic E-state index is -0.0817. The second-order valence-electron chi connectivity index (χ2n) is 4.84. The average Bonchev–Trinajstić information content (AvgIpc) is 2.83. The second-order valence-corrected chi connectivity index (χ2v) is 5.25. The Labute approximate surface area is 130 Å². The fourth-order valence-electron chi connectivity index (χ4n) is 2.28. The Morgan fingerprint density at radius 1 is 1.48 bits per heavy atom. The van der Waals surface area contributed by atoms with E-state index in [0.29, 0.717) is 18.2 Å². The fourth-order valence-corrected chi connectivity index (χ4v) is 2.53. The van der Waals surface area contributed by atoms with Gasteiger partial charge in [-0.2, -0.15) is 5.10 Å². The smallest absolute Gasteiger partial charge is 0.0937 e. The van der Waals surface area contributed by atoms with Crippen LogP contribution < -0.4 is 5.32 Å². The largest absolute Gasteiger partial charge is 0.383 e. The monoisotopic (exact) mass is 308 g/mol. The van der Waals surface area contributed by atoms with Crippen molar-refractivity contribution >= 4 is 11.6 Å². The van der Waals surface area contributed by atoms with Gasteiger partial charge in [0.25, 0.3) is 0 Å². The standard InChI is InChI=1S/C15H21ClN4O/c1-4-17-14(13-9-11(2)5-6-18-13)15-12(16)10-19-20(15)7-8-21-3/h5-6,9-10,14,17H,4,7-8H2,1-3H3. The van der Waals surface area contributed by atoms with Crippen molar-refractivity contribution in [2.75, 3.05) is 20.3 Å². The lowest BCUT2D eigenvalue weighted by molar-refractivity contribution is 0.182. The molecule has 6 heteroatoms. The Morgan fingerprint density at radius 3 is 2.95 bits per heavy atom. The molecular formula is C15H21ClN4O. The molecule has 0 fully saturated rings. The molecule has 0 aromatic carbocycles. The lowest BCUT2D eigenvalue weighted by Gasteiger charge is -2.20. The van der Waals surface area contributed by atoms with Gasteiger partial charge in [-0.1, -0.05) is 18.5 Å². The van der Waals surface area contributed by atoms with Crippen LogP contribution in [0.3, 0.4) is 0 Å². The number of aromatic nitrogens is 3. The van der Waals surface area contributed by atoms with E-state index in [-0.39, 0.29) is 6.04 Å². The highest BCUT2D eigenvalue weighted by Gasteiger charge is 2.22. The van der Waals surface area contributed by atoms with Crippen LogP contribution in [0.1, 0.15) is 29.9 Å². The first kappa shape index (κ1) is 15.9. The van der Waals surface area contributed by atoms with Crippen molar-refractivity contribution < 1.29 is 4.74 Å². The Balaban J connectivity index is 2.40. The summed E-state index contributed by atoms with van der Waals surface area (Å²) in [4.78, 5) is 4.48. The summed E-state index contributed by atoms with van der Waals surface area (Å²) in [6.07, 6.45) is 3.49. The lowest BCUT2D eigenvalue weighted by Crippen LogP contribution is -2.26. The molecule has 5 nitrogen and oxygen atoms in total. The lowest BCUT2D eigenvalue weighted by atomic mass is 10.1. The van der Waals surface area contributed by atoms with E-state index in [1.165, 1.54) is 5.56 Å². The van der Waals surface area contributed by atoms with Crippen LogP contribution in [0.2, 0.25) is 5.02 Å². The SMILES string of the molecule is CCNC(c1cc(C)ccn1)c1c(Cl)cnn1CCOC. The van der Waals surface area contributed by atoms with Crippen molar-refractivity contribution in [3.8, 4) is 0 Å². The van der Waals surface area contributed by atoms with Crippen molar-refractivity contribution in [1.29, 1.82) is 0 Å². The molecule has 0 bridgehead atoms. The third kappa shape index (κ3) is 3.81. The minimum absolute atomic E-state index is 0.0817. The molecule has 0 aliphatic heterocycles. The number of hydrogen-bond donors (Lipinski definition) is 1. The van der Waals surface area contributed by atoms with Crippen LogP contribution in [0.15, 0.2) is 24.5 Å². The first-order valence-electron chi connectivity index (χ1n) is 7.03. The highest BCUT2D eigenvalue weighted by molar-refractivity contribution is 6.31. The molecule has 1 unspecified atom stereocenters. The highest BCUT2D eigenvalue weighted by atomic mass is 35.5. The zero-order valence-corrected chi connectivity index (χ0v) is 13.4. The van der Waals surface area contributed by atoms with Gasteiger partial charge >= 0.3 is 0 Å². The van der Waals surface area contributed by atoms with E-state index < -0.39 is 0 Å². The molecule has 114 valence electrons. The van der Waals surface area contributed by atoms with Crippen LogP contribution >= 0.6 is 11.6 Å². The summed E-state index contributed by atoms with van der Waals surface area (Å²) in [6, 6.07) is 3.97. The van der Waals surface area contributed by atoms with Gasteiger partial charge < -0.3 is 10.1 Å². The molecule has 0 amide bonds. The predicted molar refractivity (Wildman–Crippen MR) is 83.6 cm³/mol. The summed E-state index contributed by atoms with van der Waals surface area (Å²) in [6.45, 7) is 6.17. The number of nitrogens with one attached hydrogen (secondary N) is 1. The van der Waals surface area contributed by atoms with E-state index in [0.717, 1.165) is 17.9 Å². The maximum atomic E-state index is 6.35. The van der Waals surface area contributed by atoms with Gasteiger partial charge in [-0.15, -0.1) is 0 Å². The molecule has 0 aliphatic carbocycles. The van der Waals surface area contributed by atoms with Gasteiger partial charge in [0.05, 0.1) is 41.8 Å². The maximum absolute atomic E-state index is 6.35.